The minimum atomic E-state index is -2.37. The number of nitrogens with zero attached hydrogens (tertiary/aromatic N) is 3. The molecule has 2 heterocycles. The minimum absolute atomic E-state index is 0. The number of phenolic OH excluding ortho intramolecular Hbond substituents is 1. The third-order valence-corrected chi connectivity index (χ3v) is 11.7. The Kier molecular flexibility index (Phi) is 10.2. The molecule has 0 spiro atoms. The van der Waals surface area contributed by atoms with Gasteiger partial charge in [-0.1, -0.05) is 179 Å². The summed E-state index contributed by atoms with van der Waals surface area (Å²) in [6.45, 7) is 8.56. The maximum Gasteiger partial charge on any atom is 0.148 e. The second-order valence-corrected chi connectivity index (χ2v) is 17.0. The molecule has 5 heteroatoms. The number of para-hydroxylation sites is 2. The van der Waals surface area contributed by atoms with Gasteiger partial charge >= 0.3 is 0 Å². The summed E-state index contributed by atoms with van der Waals surface area (Å²) in [5.41, 5.74) is 12.4. The molecule has 2 aromatic heterocycles. The van der Waals surface area contributed by atoms with Crippen molar-refractivity contribution in [2.45, 2.75) is 52.3 Å². The van der Waals surface area contributed by atoms with Crippen molar-refractivity contribution in [3.8, 4) is 67.5 Å². The van der Waals surface area contributed by atoms with E-state index in [-0.39, 0.29) is 37.8 Å². The summed E-state index contributed by atoms with van der Waals surface area (Å²) in [7, 11) is 0. The van der Waals surface area contributed by atoms with Gasteiger partial charge < -0.3 is 5.11 Å². The molecular formula is C56H48N3OPt-. The summed E-state index contributed by atoms with van der Waals surface area (Å²) in [6.07, 6.45) is 1.49. The largest absolute Gasteiger partial charge is 0.507 e. The Morgan fingerprint density at radius 1 is 0.574 bits per heavy atom. The monoisotopic (exact) mass is 976 g/mol. The van der Waals surface area contributed by atoms with Gasteiger partial charge in [0.05, 0.1) is 22.3 Å². The first kappa shape index (κ1) is 37.6. The molecule has 0 aliphatic carbocycles. The number of aromatic hydroxyl groups is 1. The summed E-state index contributed by atoms with van der Waals surface area (Å²) in [6, 6.07) is 60.6. The number of phenols is 1. The molecule has 0 aliphatic rings. The van der Waals surface area contributed by atoms with Crippen LogP contribution in [0.5, 0.6) is 5.75 Å². The Bertz CT molecular complexity index is 3120. The average Bonchev–Trinajstić information content (AvgIpc) is 3.68. The summed E-state index contributed by atoms with van der Waals surface area (Å²) in [4.78, 5) is 10.3. The van der Waals surface area contributed by atoms with Crippen molar-refractivity contribution in [3.63, 3.8) is 0 Å². The SMILES string of the molecule is [2H]C([2H])([2H])c1cnc(-c2[c-]c(-c3cccc4c3nc(-c3cc(C(C)(C)C)ccc3O)n4-c3ccccc3-c3ccccc3)cc(C(C)(C)c3ccccc3)c2)cc1-c1ccccc1.[Pt]. The zero-order valence-corrected chi connectivity index (χ0v) is 37.1. The van der Waals surface area contributed by atoms with Crippen LogP contribution in [0.4, 0.5) is 0 Å². The van der Waals surface area contributed by atoms with E-state index in [9.17, 15) is 5.11 Å². The van der Waals surface area contributed by atoms with E-state index in [1.54, 1.807) is 6.07 Å². The zero-order valence-electron chi connectivity index (χ0n) is 37.8. The van der Waals surface area contributed by atoms with Crippen molar-refractivity contribution in [1.82, 2.24) is 14.5 Å². The molecule has 1 N–H and O–H groups in total. The van der Waals surface area contributed by atoms with E-state index in [4.69, 9.17) is 14.1 Å². The fraction of sp³-hybridized carbons (Fsp3) is 0.143. The fourth-order valence-electron chi connectivity index (χ4n) is 8.15. The first-order chi connectivity index (χ1) is 30.2. The summed E-state index contributed by atoms with van der Waals surface area (Å²) in [5.74, 6) is 0.749. The number of aromatic nitrogens is 3. The van der Waals surface area contributed by atoms with Gasteiger partial charge in [-0.3, -0.25) is 9.55 Å². The van der Waals surface area contributed by atoms with E-state index >= 15 is 0 Å². The maximum absolute atomic E-state index is 11.7. The van der Waals surface area contributed by atoms with Gasteiger partial charge in [-0.15, -0.1) is 29.3 Å². The van der Waals surface area contributed by atoms with Crippen LogP contribution in [-0.2, 0) is 31.9 Å². The molecule has 9 aromatic rings. The second kappa shape index (κ2) is 16.6. The Morgan fingerprint density at radius 2 is 1.20 bits per heavy atom. The van der Waals surface area contributed by atoms with E-state index < -0.39 is 12.3 Å². The number of rotatable bonds is 8. The van der Waals surface area contributed by atoms with Gasteiger partial charge in [-0.2, -0.15) is 0 Å². The van der Waals surface area contributed by atoms with E-state index in [1.165, 1.54) is 6.20 Å². The Morgan fingerprint density at radius 3 is 1.89 bits per heavy atom. The van der Waals surface area contributed by atoms with Gasteiger partial charge in [0.2, 0.25) is 0 Å². The molecule has 0 amide bonds. The first-order valence-electron chi connectivity index (χ1n) is 21.9. The Hall–Kier alpha value is -6.35. The molecule has 304 valence electrons. The van der Waals surface area contributed by atoms with Crippen LogP contribution >= 0.6 is 0 Å². The molecule has 0 unspecified atom stereocenters. The molecule has 4 nitrogen and oxygen atoms in total. The number of pyridine rings is 1. The molecule has 0 atom stereocenters. The fourth-order valence-corrected chi connectivity index (χ4v) is 8.15. The average molecular weight is 977 g/mol. The van der Waals surface area contributed by atoms with Crippen LogP contribution in [0.2, 0.25) is 0 Å². The van der Waals surface area contributed by atoms with Gasteiger partial charge in [-0.25, -0.2) is 4.98 Å². The second-order valence-electron chi connectivity index (χ2n) is 17.0. The number of aryl methyl sites for hydroxylation is 1. The molecule has 9 rings (SSSR count). The smallest absolute Gasteiger partial charge is 0.148 e. The number of imidazole rings is 1. The van der Waals surface area contributed by atoms with Gasteiger partial charge in [0, 0.05) is 48.0 Å². The van der Waals surface area contributed by atoms with E-state index in [2.05, 4.69) is 130 Å². The normalized spacial score (nSPS) is 12.6. The number of hydrogen-bond donors (Lipinski definition) is 1. The van der Waals surface area contributed by atoms with Crippen molar-refractivity contribution in [1.29, 1.82) is 0 Å². The van der Waals surface area contributed by atoms with Crippen LogP contribution < -0.4 is 0 Å². The van der Waals surface area contributed by atoms with Crippen molar-refractivity contribution < 1.29 is 30.3 Å². The summed E-state index contributed by atoms with van der Waals surface area (Å²) >= 11 is 0. The number of fused-ring (bicyclic) bond motifs is 1. The first-order valence-corrected chi connectivity index (χ1v) is 20.4. The van der Waals surface area contributed by atoms with Gasteiger partial charge in [0.25, 0.3) is 0 Å². The molecule has 0 radical (unpaired) electrons. The van der Waals surface area contributed by atoms with Crippen LogP contribution in [0.3, 0.4) is 0 Å². The molecule has 0 saturated heterocycles. The predicted octanol–water partition coefficient (Wildman–Crippen LogP) is 14.2. The van der Waals surface area contributed by atoms with Crippen LogP contribution in [0.1, 0.15) is 61.0 Å². The third-order valence-electron chi connectivity index (χ3n) is 11.7. The van der Waals surface area contributed by atoms with Crippen LogP contribution in [0.25, 0.3) is 72.7 Å². The van der Waals surface area contributed by atoms with Crippen molar-refractivity contribution in [3.05, 3.63) is 204 Å². The summed E-state index contributed by atoms with van der Waals surface area (Å²) in [5, 5.41) is 11.7. The molecule has 7 aromatic carbocycles. The van der Waals surface area contributed by atoms with Gasteiger partial charge in [0.1, 0.15) is 11.6 Å². The maximum atomic E-state index is 11.7. The predicted molar refractivity (Wildman–Crippen MR) is 249 cm³/mol. The van der Waals surface area contributed by atoms with E-state index in [0.29, 0.717) is 22.6 Å². The van der Waals surface area contributed by atoms with Crippen molar-refractivity contribution >= 4 is 11.0 Å². The molecule has 0 fully saturated rings. The van der Waals surface area contributed by atoms with E-state index in [0.717, 1.165) is 66.8 Å². The quantitative estimate of drug-likeness (QED) is 0.154. The molecule has 0 saturated carbocycles. The molecular weight excluding hydrogens is 926 g/mol. The molecule has 61 heavy (non-hydrogen) atoms. The summed E-state index contributed by atoms with van der Waals surface area (Å²) < 4.78 is 27.4. The minimum Gasteiger partial charge on any atom is -0.507 e. The van der Waals surface area contributed by atoms with Crippen molar-refractivity contribution in [2.75, 3.05) is 0 Å². The van der Waals surface area contributed by atoms with Crippen molar-refractivity contribution in [2.24, 2.45) is 0 Å². The Balaban J connectivity index is 0.00000560. The van der Waals surface area contributed by atoms with Crippen LogP contribution in [0, 0.1) is 12.9 Å². The van der Waals surface area contributed by atoms with E-state index in [1.807, 2.05) is 78.9 Å². The third kappa shape index (κ3) is 7.89. The van der Waals surface area contributed by atoms with Crippen LogP contribution in [0.15, 0.2) is 176 Å². The molecule has 0 aliphatic heterocycles. The number of hydrogen-bond acceptors (Lipinski definition) is 3. The topological polar surface area (TPSA) is 50.9 Å². The number of benzene rings is 7. The zero-order chi connectivity index (χ0) is 44.1. The molecule has 0 bridgehead atoms. The van der Waals surface area contributed by atoms with Crippen LogP contribution in [-0.4, -0.2) is 19.6 Å². The van der Waals surface area contributed by atoms with Gasteiger partial charge in [0.15, 0.2) is 0 Å². The Labute approximate surface area is 378 Å². The van der Waals surface area contributed by atoms with Gasteiger partial charge in [-0.05, 0) is 69.9 Å². The standard InChI is InChI=1S/C56H48N3O.Pt/c1-37-36-57-49(35-47(37)39-21-12-8-13-22-39)41-31-40(32-44(33-41)56(5,6)42-23-14-9-15-24-42)46-26-18-28-51-53(46)58-54(48-34-43(55(2,3)4)29-30-52(48)60)59(51)50-27-17-16-25-45(50)38-19-10-7-11-20-38;/h7-30,32-36,60H,1-6H3;/q-1;/i1D3;.